The van der Waals surface area contributed by atoms with Crippen molar-refractivity contribution in [1.82, 2.24) is 4.90 Å². The Hall–Kier alpha value is -1.10. The zero-order valence-electron chi connectivity index (χ0n) is 12.4. The molecule has 0 aliphatic rings. The lowest BCUT2D eigenvalue weighted by Crippen LogP contribution is -2.37. The molecule has 0 bridgehead atoms. The summed E-state index contributed by atoms with van der Waals surface area (Å²) in [5.74, 6) is -1.40. The van der Waals surface area contributed by atoms with Gasteiger partial charge in [-0.05, 0) is 12.8 Å². The van der Waals surface area contributed by atoms with Crippen molar-refractivity contribution in [3.8, 4) is 0 Å². The average molecular weight is 273 g/mol. The SMILES string of the molecule is CCCCOCCCN(CC(C)C(=O)O)C(=O)CC. The van der Waals surface area contributed by atoms with E-state index in [9.17, 15) is 9.59 Å². The van der Waals surface area contributed by atoms with Gasteiger partial charge in [0.1, 0.15) is 0 Å². The summed E-state index contributed by atoms with van der Waals surface area (Å²) in [5, 5.41) is 8.89. The van der Waals surface area contributed by atoms with Crippen molar-refractivity contribution in [2.75, 3.05) is 26.3 Å². The second kappa shape index (κ2) is 10.8. The van der Waals surface area contributed by atoms with Crippen molar-refractivity contribution in [1.29, 1.82) is 0 Å². The van der Waals surface area contributed by atoms with Crippen molar-refractivity contribution >= 4 is 11.9 Å². The first-order valence-electron chi connectivity index (χ1n) is 7.11. The lowest BCUT2D eigenvalue weighted by atomic mass is 10.1. The van der Waals surface area contributed by atoms with Crippen LogP contribution in [0.15, 0.2) is 0 Å². The predicted octanol–water partition coefficient (Wildman–Crippen LogP) is 2.15. The number of carboxylic acid groups (broad SMARTS) is 1. The number of hydrogen-bond donors (Lipinski definition) is 1. The molecule has 0 fully saturated rings. The van der Waals surface area contributed by atoms with Crippen LogP contribution in [0.3, 0.4) is 0 Å². The van der Waals surface area contributed by atoms with Gasteiger partial charge in [-0.2, -0.15) is 0 Å². The Labute approximate surface area is 115 Å². The van der Waals surface area contributed by atoms with E-state index in [-0.39, 0.29) is 12.5 Å². The molecule has 0 saturated carbocycles. The fourth-order valence-electron chi connectivity index (χ4n) is 1.66. The maximum atomic E-state index is 11.7. The number of amides is 1. The second-order valence-corrected chi connectivity index (χ2v) is 4.75. The number of aliphatic carboxylic acids is 1. The van der Waals surface area contributed by atoms with Crippen LogP contribution in [-0.4, -0.2) is 48.2 Å². The zero-order chi connectivity index (χ0) is 14.7. The summed E-state index contributed by atoms with van der Waals surface area (Å²) in [5.41, 5.74) is 0. The molecule has 5 heteroatoms. The quantitative estimate of drug-likeness (QED) is 0.586. The Morgan fingerprint density at radius 1 is 1.21 bits per heavy atom. The Kier molecular flexibility index (Phi) is 10.2. The van der Waals surface area contributed by atoms with E-state index >= 15 is 0 Å². The molecule has 0 radical (unpaired) electrons. The van der Waals surface area contributed by atoms with Crippen molar-refractivity contribution in [2.45, 2.75) is 46.5 Å². The first-order valence-corrected chi connectivity index (χ1v) is 7.11. The normalized spacial score (nSPS) is 12.2. The minimum Gasteiger partial charge on any atom is -0.481 e. The van der Waals surface area contributed by atoms with Crippen molar-refractivity contribution < 1.29 is 19.4 Å². The molecule has 0 heterocycles. The third-order valence-electron chi connectivity index (χ3n) is 2.93. The Balaban J connectivity index is 4.00. The van der Waals surface area contributed by atoms with E-state index in [1.54, 1.807) is 18.7 Å². The van der Waals surface area contributed by atoms with Crippen LogP contribution in [0.4, 0.5) is 0 Å². The van der Waals surface area contributed by atoms with Crippen molar-refractivity contribution in [3.63, 3.8) is 0 Å². The predicted molar refractivity (Wildman–Crippen MR) is 74.0 cm³/mol. The van der Waals surface area contributed by atoms with Gasteiger partial charge in [0.2, 0.25) is 5.91 Å². The molecule has 112 valence electrons. The van der Waals surface area contributed by atoms with Gasteiger partial charge in [-0.3, -0.25) is 9.59 Å². The van der Waals surface area contributed by atoms with Crippen molar-refractivity contribution in [3.05, 3.63) is 0 Å². The zero-order valence-corrected chi connectivity index (χ0v) is 12.4. The lowest BCUT2D eigenvalue weighted by Gasteiger charge is -2.24. The van der Waals surface area contributed by atoms with Crippen LogP contribution >= 0.6 is 0 Å². The standard InChI is InChI=1S/C14H27NO4/c1-4-6-9-19-10-7-8-15(13(16)5-2)11-12(3)14(17)18/h12H,4-11H2,1-3H3,(H,17,18). The summed E-state index contributed by atoms with van der Waals surface area (Å²) < 4.78 is 5.44. The number of ether oxygens (including phenoxy) is 1. The van der Waals surface area contributed by atoms with Crippen LogP contribution in [0.5, 0.6) is 0 Å². The van der Waals surface area contributed by atoms with E-state index < -0.39 is 11.9 Å². The molecule has 0 saturated heterocycles. The van der Waals surface area contributed by atoms with E-state index in [1.165, 1.54) is 0 Å². The number of nitrogens with zero attached hydrogens (tertiary/aromatic N) is 1. The maximum Gasteiger partial charge on any atom is 0.308 e. The lowest BCUT2D eigenvalue weighted by molar-refractivity contribution is -0.143. The molecule has 5 nitrogen and oxygen atoms in total. The Morgan fingerprint density at radius 3 is 2.37 bits per heavy atom. The molecule has 0 aromatic rings. The molecule has 0 rings (SSSR count). The third kappa shape index (κ3) is 8.59. The van der Waals surface area contributed by atoms with Gasteiger partial charge in [0.25, 0.3) is 0 Å². The first kappa shape index (κ1) is 17.9. The molecule has 1 N–H and O–H groups in total. The highest BCUT2D eigenvalue weighted by Gasteiger charge is 2.18. The van der Waals surface area contributed by atoms with Crippen LogP contribution in [0.2, 0.25) is 0 Å². The highest BCUT2D eigenvalue weighted by Crippen LogP contribution is 2.04. The van der Waals surface area contributed by atoms with E-state index in [0.717, 1.165) is 25.9 Å². The molecular formula is C14H27NO4. The Bertz CT molecular complexity index is 268. The molecule has 0 aromatic heterocycles. The highest BCUT2D eigenvalue weighted by atomic mass is 16.5. The molecule has 19 heavy (non-hydrogen) atoms. The van der Waals surface area contributed by atoms with Gasteiger partial charge in [-0.15, -0.1) is 0 Å². The first-order chi connectivity index (χ1) is 9.02. The number of unbranched alkanes of at least 4 members (excludes halogenated alkanes) is 1. The van der Waals surface area contributed by atoms with Crippen LogP contribution in [0.1, 0.15) is 46.5 Å². The van der Waals surface area contributed by atoms with E-state index in [2.05, 4.69) is 6.92 Å². The minimum absolute atomic E-state index is 0.00154. The summed E-state index contributed by atoms with van der Waals surface area (Å²) in [7, 11) is 0. The largest absolute Gasteiger partial charge is 0.481 e. The van der Waals surface area contributed by atoms with E-state index in [4.69, 9.17) is 9.84 Å². The second-order valence-electron chi connectivity index (χ2n) is 4.75. The molecule has 0 aliphatic carbocycles. The van der Waals surface area contributed by atoms with Gasteiger partial charge in [-0.1, -0.05) is 27.2 Å². The summed E-state index contributed by atoms with van der Waals surface area (Å²) in [6.07, 6.45) is 3.31. The van der Waals surface area contributed by atoms with Gasteiger partial charge in [-0.25, -0.2) is 0 Å². The number of carbonyl (C=O) groups excluding carboxylic acids is 1. The minimum atomic E-state index is -0.868. The fraction of sp³-hybridized carbons (Fsp3) is 0.857. The van der Waals surface area contributed by atoms with Gasteiger partial charge >= 0.3 is 5.97 Å². The van der Waals surface area contributed by atoms with Crippen LogP contribution < -0.4 is 0 Å². The third-order valence-corrected chi connectivity index (χ3v) is 2.93. The molecule has 1 atom stereocenters. The number of carbonyl (C=O) groups is 2. The Morgan fingerprint density at radius 2 is 1.84 bits per heavy atom. The molecule has 1 amide bonds. The fourth-order valence-corrected chi connectivity index (χ4v) is 1.66. The summed E-state index contributed by atoms with van der Waals surface area (Å²) >= 11 is 0. The van der Waals surface area contributed by atoms with E-state index in [1.807, 2.05) is 0 Å². The van der Waals surface area contributed by atoms with Gasteiger partial charge in [0, 0.05) is 32.7 Å². The molecule has 0 spiro atoms. The number of rotatable bonds is 11. The molecule has 0 aromatic carbocycles. The number of carboxylic acids is 1. The van der Waals surface area contributed by atoms with Gasteiger partial charge < -0.3 is 14.7 Å². The average Bonchev–Trinajstić information content (AvgIpc) is 2.39. The van der Waals surface area contributed by atoms with Crippen LogP contribution in [0, 0.1) is 5.92 Å². The van der Waals surface area contributed by atoms with Crippen LogP contribution in [-0.2, 0) is 14.3 Å². The number of hydrogen-bond acceptors (Lipinski definition) is 3. The van der Waals surface area contributed by atoms with Crippen molar-refractivity contribution in [2.24, 2.45) is 5.92 Å². The highest BCUT2D eigenvalue weighted by molar-refractivity contribution is 5.77. The maximum absolute atomic E-state index is 11.7. The molecular weight excluding hydrogens is 246 g/mol. The summed E-state index contributed by atoms with van der Waals surface area (Å²) in [6, 6.07) is 0. The summed E-state index contributed by atoms with van der Waals surface area (Å²) in [4.78, 5) is 24.2. The van der Waals surface area contributed by atoms with E-state index in [0.29, 0.717) is 19.6 Å². The topological polar surface area (TPSA) is 66.8 Å². The van der Waals surface area contributed by atoms with Gasteiger partial charge in [0.15, 0.2) is 0 Å². The van der Waals surface area contributed by atoms with Gasteiger partial charge in [0.05, 0.1) is 5.92 Å². The molecule has 1 unspecified atom stereocenters. The monoisotopic (exact) mass is 273 g/mol. The summed E-state index contributed by atoms with van der Waals surface area (Å²) in [6.45, 7) is 7.74. The smallest absolute Gasteiger partial charge is 0.308 e. The van der Waals surface area contributed by atoms with Crippen LogP contribution in [0.25, 0.3) is 0 Å². The molecule has 0 aliphatic heterocycles.